The van der Waals surface area contributed by atoms with E-state index >= 15 is 0 Å². The summed E-state index contributed by atoms with van der Waals surface area (Å²) in [6.07, 6.45) is 2.93. The SMILES string of the molecule is CC(C)C1NC2(CCN(C(=O)c3cccnc3Cl)CC2)N(Cc2ccccc2)C1=O. The average molecular weight is 427 g/mol. The minimum atomic E-state index is -0.433. The molecule has 30 heavy (non-hydrogen) atoms. The largest absolute Gasteiger partial charge is 0.338 e. The van der Waals surface area contributed by atoms with E-state index in [1.165, 1.54) is 0 Å². The molecular weight excluding hydrogens is 400 g/mol. The lowest BCUT2D eigenvalue weighted by Crippen LogP contribution is -2.59. The van der Waals surface area contributed by atoms with E-state index in [4.69, 9.17) is 11.6 Å². The number of rotatable bonds is 4. The summed E-state index contributed by atoms with van der Waals surface area (Å²) in [4.78, 5) is 34.0. The number of amides is 2. The summed E-state index contributed by atoms with van der Waals surface area (Å²) in [7, 11) is 0. The summed E-state index contributed by atoms with van der Waals surface area (Å²) in [5.41, 5.74) is 1.10. The first-order valence-electron chi connectivity index (χ1n) is 10.4. The molecule has 2 saturated heterocycles. The van der Waals surface area contributed by atoms with Gasteiger partial charge < -0.3 is 9.80 Å². The molecule has 158 valence electrons. The average Bonchev–Trinajstić information content (AvgIpc) is 3.01. The summed E-state index contributed by atoms with van der Waals surface area (Å²) in [5, 5.41) is 3.86. The molecule has 0 aliphatic carbocycles. The van der Waals surface area contributed by atoms with Crippen LogP contribution in [0.5, 0.6) is 0 Å². The van der Waals surface area contributed by atoms with E-state index in [-0.39, 0.29) is 28.9 Å². The lowest BCUT2D eigenvalue weighted by atomic mass is 9.94. The van der Waals surface area contributed by atoms with E-state index in [0.29, 0.717) is 38.0 Å². The molecule has 2 fully saturated rings. The van der Waals surface area contributed by atoms with Gasteiger partial charge >= 0.3 is 0 Å². The summed E-state index contributed by atoms with van der Waals surface area (Å²) in [6, 6.07) is 13.3. The van der Waals surface area contributed by atoms with Crippen LogP contribution in [-0.4, -0.2) is 51.4 Å². The standard InChI is InChI=1S/C23H27ClN4O2/c1-16(2)19-22(30)28(15-17-7-4-3-5-8-17)23(26-19)10-13-27(14-11-23)21(29)18-9-6-12-25-20(18)24/h3-9,12,16,19,26H,10-11,13-15H2,1-2H3. The molecule has 1 spiro atoms. The van der Waals surface area contributed by atoms with E-state index in [2.05, 4.69) is 24.1 Å². The van der Waals surface area contributed by atoms with Crippen molar-refractivity contribution in [1.29, 1.82) is 0 Å². The van der Waals surface area contributed by atoms with Gasteiger partial charge in [0.1, 0.15) is 5.15 Å². The van der Waals surface area contributed by atoms with Crippen molar-refractivity contribution in [3.05, 3.63) is 64.9 Å². The highest BCUT2D eigenvalue weighted by Crippen LogP contribution is 2.36. The number of aromatic nitrogens is 1. The fourth-order valence-electron chi connectivity index (χ4n) is 4.46. The predicted octanol–water partition coefficient (Wildman–Crippen LogP) is 3.32. The maximum Gasteiger partial charge on any atom is 0.256 e. The number of nitrogens with one attached hydrogen (secondary N) is 1. The van der Waals surface area contributed by atoms with Gasteiger partial charge in [-0.2, -0.15) is 0 Å². The van der Waals surface area contributed by atoms with Crippen molar-refractivity contribution in [2.75, 3.05) is 13.1 Å². The quantitative estimate of drug-likeness (QED) is 0.761. The van der Waals surface area contributed by atoms with Gasteiger partial charge in [-0.15, -0.1) is 0 Å². The van der Waals surface area contributed by atoms with E-state index < -0.39 is 5.66 Å². The second-order valence-corrected chi connectivity index (χ2v) is 8.80. The number of carbonyl (C=O) groups excluding carboxylic acids is 2. The van der Waals surface area contributed by atoms with Gasteiger partial charge in [-0.1, -0.05) is 55.8 Å². The fourth-order valence-corrected chi connectivity index (χ4v) is 4.67. The molecule has 2 amide bonds. The summed E-state index contributed by atoms with van der Waals surface area (Å²) in [6.45, 7) is 5.82. The molecular formula is C23H27ClN4O2. The highest BCUT2D eigenvalue weighted by atomic mass is 35.5. The van der Waals surface area contributed by atoms with E-state index in [9.17, 15) is 9.59 Å². The zero-order valence-electron chi connectivity index (χ0n) is 17.3. The smallest absolute Gasteiger partial charge is 0.256 e. The second kappa shape index (κ2) is 8.36. The van der Waals surface area contributed by atoms with Crippen LogP contribution in [0.2, 0.25) is 5.15 Å². The Balaban J connectivity index is 1.54. The van der Waals surface area contributed by atoms with Crippen molar-refractivity contribution in [2.45, 2.75) is 44.9 Å². The minimum absolute atomic E-state index is 0.109. The Bertz CT molecular complexity index is 926. The summed E-state index contributed by atoms with van der Waals surface area (Å²) in [5.74, 6) is 0.232. The van der Waals surface area contributed by atoms with Gasteiger partial charge in [-0.25, -0.2) is 4.98 Å². The highest BCUT2D eigenvalue weighted by Gasteiger charge is 2.52. The molecule has 1 aromatic carbocycles. The third-order valence-corrected chi connectivity index (χ3v) is 6.49. The zero-order chi connectivity index (χ0) is 21.3. The number of benzene rings is 1. The second-order valence-electron chi connectivity index (χ2n) is 8.44. The van der Waals surface area contributed by atoms with Gasteiger partial charge in [-0.3, -0.25) is 14.9 Å². The molecule has 1 atom stereocenters. The normalized spacial score (nSPS) is 20.9. The van der Waals surface area contributed by atoms with Crippen LogP contribution < -0.4 is 5.32 Å². The topological polar surface area (TPSA) is 65.5 Å². The highest BCUT2D eigenvalue weighted by molar-refractivity contribution is 6.32. The van der Waals surface area contributed by atoms with Crippen molar-refractivity contribution in [3.63, 3.8) is 0 Å². The Hall–Kier alpha value is -2.44. The van der Waals surface area contributed by atoms with Gasteiger partial charge in [0.2, 0.25) is 5.91 Å². The van der Waals surface area contributed by atoms with Crippen LogP contribution in [0, 0.1) is 5.92 Å². The van der Waals surface area contributed by atoms with Gasteiger partial charge in [-0.05, 0) is 23.6 Å². The molecule has 4 rings (SSSR count). The third-order valence-electron chi connectivity index (χ3n) is 6.19. The molecule has 2 aliphatic rings. The van der Waals surface area contributed by atoms with Crippen LogP contribution in [0.25, 0.3) is 0 Å². The number of hydrogen-bond donors (Lipinski definition) is 1. The first kappa shape index (κ1) is 20.8. The Kier molecular flexibility index (Phi) is 5.80. The number of piperidine rings is 1. The van der Waals surface area contributed by atoms with Gasteiger partial charge in [0, 0.05) is 38.7 Å². The number of carbonyl (C=O) groups is 2. The van der Waals surface area contributed by atoms with Crippen LogP contribution in [0.15, 0.2) is 48.7 Å². The lowest BCUT2D eigenvalue weighted by molar-refractivity contribution is -0.134. The van der Waals surface area contributed by atoms with Crippen LogP contribution in [-0.2, 0) is 11.3 Å². The molecule has 3 heterocycles. The Morgan fingerprint density at radius 3 is 2.53 bits per heavy atom. The number of likely N-dealkylation sites (tertiary alicyclic amines) is 1. The first-order valence-corrected chi connectivity index (χ1v) is 10.8. The molecule has 1 aromatic heterocycles. The lowest BCUT2D eigenvalue weighted by Gasteiger charge is -2.44. The van der Waals surface area contributed by atoms with Crippen molar-refractivity contribution in [3.8, 4) is 0 Å². The molecule has 2 aliphatic heterocycles. The molecule has 1 N–H and O–H groups in total. The Labute approximate surface area is 182 Å². The number of pyridine rings is 1. The van der Waals surface area contributed by atoms with E-state index in [1.54, 1.807) is 18.3 Å². The maximum absolute atomic E-state index is 13.3. The molecule has 0 bridgehead atoms. The van der Waals surface area contributed by atoms with Crippen LogP contribution in [0.3, 0.4) is 0 Å². The van der Waals surface area contributed by atoms with Crippen molar-refractivity contribution >= 4 is 23.4 Å². The van der Waals surface area contributed by atoms with Crippen LogP contribution in [0.1, 0.15) is 42.6 Å². The van der Waals surface area contributed by atoms with Gasteiger partial charge in [0.25, 0.3) is 5.91 Å². The number of hydrogen-bond acceptors (Lipinski definition) is 4. The molecule has 7 heteroatoms. The van der Waals surface area contributed by atoms with Crippen LogP contribution >= 0.6 is 11.6 Å². The van der Waals surface area contributed by atoms with Crippen molar-refractivity contribution in [1.82, 2.24) is 20.1 Å². The monoisotopic (exact) mass is 426 g/mol. The number of halogens is 1. The Morgan fingerprint density at radius 1 is 1.20 bits per heavy atom. The zero-order valence-corrected chi connectivity index (χ0v) is 18.1. The fraction of sp³-hybridized carbons (Fsp3) is 0.435. The molecule has 1 unspecified atom stereocenters. The number of nitrogens with zero attached hydrogens (tertiary/aromatic N) is 3. The van der Waals surface area contributed by atoms with E-state index in [1.807, 2.05) is 40.1 Å². The summed E-state index contributed by atoms with van der Waals surface area (Å²) < 4.78 is 0. The molecule has 2 aromatic rings. The molecule has 6 nitrogen and oxygen atoms in total. The summed E-state index contributed by atoms with van der Waals surface area (Å²) >= 11 is 6.12. The molecule has 0 saturated carbocycles. The third kappa shape index (κ3) is 3.82. The van der Waals surface area contributed by atoms with Crippen molar-refractivity contribution in [2.24, 2.45) is 5.92 Å². The van der Waals surface area contributed by atoms with Crippen LogP contribution in [0.4, 0.5) is 0 Å². The van der Waals surface area contributed by atoms with Crippen molar-refractivity contribution < 1.29 is 9.59 Å². The van der Waals surface area contributed by atoms with E-state index in [0.717, 1.165) is 5.56 Å². The first-order chi connectivity index (χ1) is 14.4. The van der Waals surface area contributed by atoms with Gasteiger partial charge in [0.15, 0.2) is 0 Å². The Morgan fingerprint density at radius 2 is 1.90 bits per heavy atom. The van der Waals surface area contributed by atoms with Gasteiger partial charge in [0.05, 0.1) is 17.3 Å². The predicted molar refractivity (Wildman–Crippen MR) is 116 cm³/mol. The minimum Gasteiger partial charge on any atom is -0.338 e. The maximum atomic E-state index is 13.3. The molecule has 0 radical (unpaired) electrons.